The fraction of sp³-hybridized carbons (Fsp3) is 0.143. The Morgan fingerprint density at radius 3 is 2.37 bits per heavy atom. The summed E-state index contributed by atoms with van der Waals surface area (Å²) in [5.41, 5.74) is 11.5. The van der Waals surface area contributed by atoms with Crippen LogP contribution in [0, 0.1) is 5.82 Å². The molecular formula is C21H17FN4O. The molecule has 5 rings (SSSR count). The number of aromatic nitrogens is 3. The molecule has 0 aliphatic heterocycles. The number of nitrogens with zero attached hydrogens (tertiary/aromatic N) is 3. The molecule has 2 aromatic heterocycles. The second-order valence-electron chi connectivity index (χ2n) is 6.62. The van der Waals surface area contributed by atoms with Crippen molar-refractivity contribution in [1.29, 1.82) is 0 Å². The molecule has 0 atom stereocenters. The fourth-order valence-electron chi connectivity index (χ4n) is 3.79. The first-order valence-electron chi connectivity index (χ1n) is 8.87. The average Bonchev–Trinajstić information content (AvgIpc) is 3.26. The predicted molar refractivity (Wildman–Crippen MR) is 102 cm³/mol. The van der Waals surface area contributed by atoms with Gasteiger partial charge >= 0.3 is 0 Å². The minimum absolute atomic E-state index is 0.286. The molecule has 1 aliphatic carbocycles. The second kappa shape index (κ2) is 6.09. The smallest absolute Gasteiger partial charge is 0.151 e. The summed E-state index contributed by atoms with van der Waals surface area (Å²) in [4.78, 5) is 8.65. The van der Waals surface area contributed by atoms with Gasteiger partial charge < -0.3 is 15.0 Å². The monoisotopic (exact) mass is 360 g/mol. The maximum atomic E-state index is 13.0. The van der Waals surface area contributed by atoms with Crippen molar-refractivity contribution < 1.29 is 9.13 Å². The Morgan fingerprint density at radius 2 is 1.63 bits per heavy atom. The number of aryl methyl sites for hydroxylation is 1. The van der Waals surface area contributed by atoms with Crippen LogP contribution in [-0.4, -0.2) is 14.5 Å². The van der Waals surface area contributed by atoms with E-state index in [2.05, 4.69) is 14.5 Å². The number of ether oxygens (including phenoxy) is 1. The average molecular weight is 360 g/mol. The maximum absolute atomic E-state index is 13.0. The molecule has 0 amide bonds. The van der Waals surface area contributed by atoms with Crippen LogP contribution in [0.4, 0.5) is 10.2 Å². The summed E-state index contributed by atoms with van der Waals surface area (Å²) >= 11 is 0. The highest BCUT2D eigenvalue weighted by Crippen LogP contribution is 2.36. The molecule has 0 radical (unpaired) electrons. The van der Waals surface area contributed by atoms with Gasteiger partial charge in [-0.25, -0.2) is 14.4 Å². The zero-order valence-electron chi connectivity index (χ0n) is 14.5. The van der Waals surface area contributed by atoms with Crippen LogP contribution in [0.1, 0.15) is 17.7 Å². The van der Waals surface area contributed by atoms with Crippen molar-refractivity contribution in [1.82, 2.24) is 14.5 Å². The Kier molecular flexibility index (Phi) is 3.57. The molecule has 0 bridgehead atoms. The Balaban J connectivity index is 1.55. The fourth-order valence-corrected chi connectivity index (χ4v) is 3.79. The molecule has 5 nitrogen and oxygen atoms in total. The van der Waals surface area contributed by atoms with Gasteiger partial charge in [0.15, 0.2) is 5.82 Å². The Bertz CT molecular complexity index is 1130. The Morgan fingerprint density at radius 1 is 0.926 bits per heavy atom. The highest BCUT2D eigenvalue weighted by molar-refractivity contribution is 5.91. The minimum Gasteiger partial charge on any atom is -0.457 e. The van der Waals surface area contributed by atoms with Gasteiger partial charge in [0, 0.05) is 11.4 Å². The van der Waals surface area contributed by atoms with Crippen LogP contribution >= 0.6 is 0 Å². The Hall–Kier alpha value is -3.41. The molecule has 134 valence electrons. The van der Waals surface area contributed by atoms with E-state index in [1.807, 2.05) is 24.3 Å². The van der Waals surface area contributed by atoms with E-state index in [4.69, 9.17) is 10.5 Å². The van der Waals surface area contributed by atoms with Gasteiger partial charge in [-0.05, 0) is 73.4 Å². The standard InChI is InChI=1S/C21H17FN4O/c22-13-4-8-15(9-5-13)27-16-10-6-14(7-11-16)26-18-3-1-2-17(18)19-20(26)21(23)25-12-24-19/h4-12H,1-3H2,(H2,23,24,25). The van der Waals surface area contributed by atoms with E-state index < -0.39 is 0 Å². The Labute approximate surface area is 155 Å². The lowest BCUT2D eigenvalue weighted by Crippen LogP contribution is -2.02. The van der Waals surface area contributed by atoms with Crippen molar-refractivity contribution in [2.24, 2.45) is 0 Å². The molecule has 2 aromatic carbocycles. The summed E-state index contributed by atoms with van der Waals surface area (Å²) in [7, 11) is 0. The molecule has 0 saturated carbocycles. The largest absolute Gasteiger partial charge is 0.457 e. The maximum Gasteiger partial charge on any atom is 0.151 e. The number of fused-ring (bicyclic) bond motifs is 3. The first kappa shape index (κ1) is 15.8. The number of anilines is 1. The number of halogens is 1. The third-order valence-corrected chi connectivity index (χ3v) is 4.96. The predicted octanol–water partition coefficient (Wildman–Crippen LogP) is 4.42. The lowest BCUT2D eigenvalue weighted by Gasteiger charge is -2.12. The van der Waals surface area contributed by atoms with E-state index in [0.717, 1.165) is 36.0 Å². The molecule has 0 saturated heterocycles. The van der Waals surface area contributed by atoms with Crippen LogP contribution < -0.4 is 10.5 Å². The van der Waals surface area contributed by atoms with Gasteiger partial charge in [-0.1, -0.05) is 0 Å². The van der Waals surface area contributed by atoms with Crippen molar-refractivity contribution in [3.8, 4) is 17.2 Å². The zero-order valence-corrected chi connectivity index (χ0v) is 14.5. The van der Waals surface area contributed by atoms with E-state index in [1.54, 1.807) is 12.1 Å². The van der Waals surface area contributed by atoms with Crippen molar-refractivity contribution in [2.45, 2.75) is 19.3 Å². The van der Waals surface area contributed by atoms with Crippen molar-refractivity contribution in [3.05, 3.63) is 71.9 Å². The van der Waals surface area contributed by atoms with Crippen LogP contribution in [0.3, 0.4) is 0 Å². The highest BCUT2D eigenvalue weighted by atomic mass is 19.1. The first-order valence-corrected chi connectivity index (χ1v) is 8.87. The molecule has 2 heterocycles. The second-order valence-corrected chi connectivity index (χ2v) is 6.62. The van der Waals surface area contributed by atoms with Gasteiger partial charge in [-0.15, -0.1) is 0 Å². The van der Waals surface area contributed by atoms with Gasteiger partial charge in [-0.2, -0.15) is 0 Å². The molecule has 6 heteroatoms. The molecular weight excluding hydrogens is 343 g/mol. The molecule has 4 aromatic rings. The van der Waals surface area contributed by atoms with Gasteiger partial charge in [0.05, 0.1) is 5.52 Å². The minimum atomic E-state index is -0.286. The van der Waals surface area contributed by atoms with Gasteiger partial charge in [-0.3, -0.25) is 0 Å². The third-order valence-electron chi connectivity index (χ3n) is 4.96. The molecule has 2 N–H and O–H groups in total. The van der Waals surface area contributed by atoms with Crippen molar-refractivity contribution in [2.75, 3.05) is 5.73 Å². The van der Waals surface area contributed by atoms with Gasteiger partial charge in [0.25, 0.3) is 0 Å². The molecule has 27 heavy (non-hydrogen) atoms. The molecule has 0 unspecified atom stereocenters. The highest BCUT2D eigenvalue weighted by Gasteiger charge is 2.24. The number of nitrogens with two attached hydrogens (primary N) is 1. The number of hydrogen-bond donors (Lipinski definition) is 1. The van der Waals surface area contributed by atoms with Crippen LogP contribution in [0.25, 0.3) is 16.7 Å². The third kappa shape index (κ3) is 2.61. The summed E-state index contributed by atoms with van der Waals surface area (Å²) in [5.74, 6) is 1.48. The summed E-state index contributed by atoms with van der Waals surface area (Å²) in [6.07, 6.45) is 4.66. The lowest BCUT2D eigenvalue weighted by atomic mass is 10.2. The van der Waals surface area contributed by atoms with Crippen molar-refractivity contribution in [3.63, 3.8) is 0 Å². The van der Waals surface area contributed by atoms with E-state index >= 15 is 0 Å². The van der Waals surface area contributed by atoms with Crippen LogP contribution in [0.2, 0.25) is 0 Å². The normalized spacial score (nSPS) is 13.1. The number of nitrogen functional groups attached to an aromatic ring is 1. The number of benzene rings is 2. The van der Waals surface area contributed by atoms with E-state index in [9.17, 15) is 4.39 Å². The summed E-state index contributed by atoms with van der Waals surface area (Å²) in [6.45, 7) is 0. The SMILES string of the molecule is Nc1ncnc2c3c(n(-c4ccc(Oc5ccc(F)cc5)cc4)c12)CCC3. The van der Waals surface area contributed by atoms with E-state index in [-0.39, 0.29) is 5.82 Å². The molecule has 1 aliphatic rings. The van der Waals surface area contributed by atoms with Crippen LogP contribution in [0.5, 0.6) is 11.5 Å². The molecule has 0 spiro atoms. The number of rotatable bonds is 3. The van der Waals surface area contributed by atoms with E-state index in [1.165, 1.54) is 29.7 Å². The topological polar surface area (TPSA) is 66.0 Å². The van der Waals surface area contributed by atoms with Crippen LogP contribution in [-0.2, 0) is 12.8 Å². The first-order chi connectivity index (χ1) is 13.2. The summed E-state index contributed by atoms with van der Waals surface area (Å²) < 4.78 is 21.0. The quantitative estimate of drug-likeness (QED) is 0.587. The summed E-state index contributed by atoms with van der Waals surface area (Å²) in [5, 5.41) is 0. The van der Waals surface area contributed by atoms with Gasteiger partial charge in [0.1, 0.15) is 29.2 Å². The molecule has 0 fully saturated rings. The lowest BCUT2D eigenvalue weighted by molar-refractivity contribution is 0.480. The van der Waals surface area contributed by atoms with Crippen molar-refractivity contribution >= 4 is 16.9 Å². The number of hydrogen-bond acceptors (Lipinski definition) is 4. The van der Waals surface area contributed by atoms with Crippen LogP contribution in [0.15, 0.2) is 54.9 Å². The zero-order chi connectivity index (χ0) is 18.4. The van der Waals surface area contributed by atoms with Gasteiger partial charge in [0.2, 0.25) is 0 Å². The van der Waals surface area contributed by atoms with E-state index in [0.29, 0.717) is 17.3 Å². The summed E-state index contributed by atoms with van der Waals surface area (Å²) in [6, 6.07) is 13.7.